The minimum Gasteiger partial charge on any atom is -0.311 e. The highest BCUT2D eigenvalue weighted by molar-refractivity contribution is 4.83. The number of piperidine rings is 1. The lowest BCUT2D eigenvalue weighted by atomic mass is 9.93. The Morgan fingerprint density at radius 3 is 2.27 bits per heavy atom. The minimum atomic E-state index is 0.272. The van der Waals surface area contributed by atoms with Gasteiger partial charge in [0.15, 0.2) is 0 Å². The number of hydrogen-bond donors (Lipinski definition) is 1. The monoisotopic (exact) mass is 212 g/mol. The first kappa shape index (κ1) is 13.0. The molecule has 15 heavy (non-hydrogen) atoms. The molecule has 1 N–H and O–H groups in total. The lowest BCUT2D eigenvalue weighted by Crippen LogP contribution is -2.50. The zero-order valence-electron chi connectivity index (χ0n) is 11.0. The van der Waals surface area contributed by atoms with Crippen LogP contribution in [-0.2, 0) is 0 Å². The van der Waals surface area contributed by atoms with Crippen molar-refractivity contribution in [1.82, 2.24) is 10.2 Å². The molecule has 1 saturated heterocycles. The molecule has 0 aromatic rings. The molecular formula is C13H28N2. The summed E-state index contributed by atoms with van der Waals surface area (Å²) >= 11 is 0. The van der Waals surface area contributed by atoms with Crippen LogP contribution < -0.4 is 5.32 Å². The number of nitrogens with one attached hydrogen (secondary N) is 1. The van der Waals surface area contributed by atoms with Crippen LogP contribution in [0, 0.1) is 5.92 Å². The van der Waals surface area contributed by atoms with E-state index >= 15 is 0 Å². The third kappa shape index (κ3) is 4.52. The Bertz CT molecular complexity index is 169. The van der Waals surface area contributed by atoms with E-state index in [1.807, 2.05) is 0 Å². The van der Waals surface area contributed by atoms with Gasteiger partial charge < -0.3 is 10.2 Å². The van der Waals surface area contributed by atoms with Gasteiger partial charge in [-0.2, -0.15) is 0 Å². The van der Waals surface area contributed by atoms with Crippen molar-refractivity contribution in [2.24, 2.45) is 5.92 Å². The van der Waals surface area contributed by atoms with Gasteiger partial charge >= 0.3 is 0 Å². The second-order valence-electron chi connectivity index (χ2n) is 5.54. The third-order valence-corrected chi connectivity index (χ3v) is 3.56. The number of rotatable bonds is 5. The van der Waals surface area contributed by atoms with E-state index in [4.69, 9.17) is 0 Å². The van der Waals surface area contributed by atoms with Crippen molar-refractivity contribution in [2.75, 3.05) is 26.2 Å². The molecule has 1 aliphatic heterocycles. The molecule has 0 radical (unpaired) electrons. The van der Waals surface area contributed by atoms with Crippen molar-refractivity contribution in [3.8, 4) is 0 Å². The largest absolute Gasteiger partial charge is 0.311 e. The zero-order chi connectivity index (χ0) is 11.3. The summed E-state index contributed by atoms with van der Waals surface area (Å²) in [5, 5.41) is 3.55. The van der Waals surface area contributed by atoms with Crippen LogP contribution in [0.5, 0.6) is 0 Å². The van der Waals surface area contributed by atoms with Gasteiger partial charge in [0, 0.05) is 12.1 Å². The van der Waals surface area contributed by atoms with E-state index in [2.05, 4.69) is 37.9 Å². The molecule has 2 heteroatoms. The molecule has 0 bridgehead atoms. The van der Waals surface area contributed by atoms with Crippen molar-refractivity contribution in [3.05, 3.63) is 0 Å². The van der Waals surface area contributed by atoms with Gasteiger partial charge in [0.2, 0.25) is 0 Å². The van der Waals surface area contributed by atoms with Crippen LogP contribution in [0.4, 0.5) is 0 Å². The summed E-state index contributed by atoms with van der Waals surface area (Å²) in [5.74, 6) is 0.989. The van der Waals surface area contributed by atoms with Gasteiger partial charge in [-0.15, -0.1) is 0 Å². The van der Waals surface area contributed by atoms with E-state index in [0.29, 0.717) is 0 Å². The van der Waals surface area contributed by atoms with Crippen LogP contribution in [0.3, 0.4) is 0 Å². The Morgan fingerprint density at radius 2 is 1.80 bits per heavy atom. The molecule has 1 fully saturated rings. The van der Waals surface area contributed by atoms with E-state index < -0.39 is 0 Å². The number of hydrogen-bond acceptors (Lipinski definition) is 2. The average molecular weight is 212 g/mol. The molecule has 0 spiro atoms. The summed E-state index contributed by atoms with van der Waals surface area (Å²) in [7, 11) is 0. The quantitative estimate of drug-likeness (QED) is 0.753. The van der Waals surface area contributed by atoms with Crippen molar-refractivity contribution in [1.29, 1.82) is 0 Å². The fourth-order valence-electron chi connectivity index (χ4n) is 2.65. The molecule has 0 aliphatic carbocycles. The molecule has 1 heterocycles. The van der Waals surface area contributed by atoms with Crippen LogP contribution in [0.15, 0.2) is 0 Å². The Morgan fingerprint density at radius 1 is 1.20 bits per heavy atom. The summed E-state index contributed by atoms with van der Waals surface area (Å²) < 4.78 is 0. The van der Waals surface area contributed by atoms with Crippen molar-refractivity contribution in [3.63, 3.8) is 0 Å². The zero-order valence-corrected chi connectivity index (χ0v) is 11.0. The number of nitrogens with zero attached hydrogens (tertiary/aromatic N) is 1. The van der Waals surface area contributed by atoms with Crippen molar-refractivity contribution < 1.29 is 0 Å². The van der Waals surface area contributed by atoms with E-state index in [9.17, 15) is 0 Å². The molecule has 0 unspecified atom stereocenters. The van der Waals surface area contributed by atoms with Crippen molar-refractivity contribution in [2.45, 2.75) is 52.5 Å². The van der Waals surface area contributed by atoms with Crippen LogP contribution in [0.1, 0.15) is 47.0 Å². The summed E-state index contributed by atoms with van der Waals surface area (Å²) in [5.41, 5.74) is 0.272. The average Bonchev–Trinajstić information content (AvgIpc) is 2.18. The lowest BCUT2D eigenvalue weighted by molar-refractivity contribution is 0.143. The van der Waals surface area contributed by atoms with Crippen LogP contribution in [0.2, 0.25) is 0 Å². The van der Waals surface area contributed by atoms with Gasteiger partial charge in [-0.1, -0.05) is 20.3 Å². The maximum atomic E-state index is 3.55. The molecular weight excluding hydrogens is 184 g/mol. The molecule has 2 nitrogen and oxygen atoms in total. The topological polar surface area (TPSA) is 15.3 Å². The Balaban J connectivity index is 2.28. The molecule has 0 aromatic heterocycles. The third-order valence-electron chi connectivity index (χ3n) is 3.56. The van der Waals surface area contributed by atoms with Gasteiger partial charge in [0.25, 0.3) is 0 Å². The smallest absolute Gasteiger partial charge is 0.0252 e. The fourth-order valence-corrected chi connectivity index (χ4v) is 2.65. The fraction of sp³-hybridized carbons (Fsp3) is 1.00. The van der Waals surface area contributed by atoms with E-state index in [-0.39, 0.29) is 5.54 Å². The van der Waals surface area contributed by atoms with E-state index in [1.54, 1.807) is 0 Å². The first-order valence-electron chi connectivity index (χ1n) is 6.54. The molecule has 0 aromatic carbocycles. The predicted molar refractivity (Wildman–Crippen MR) is 67.2 cm³/mol. The first-order valence-corrected chi connectivity index (χ1v) is 6.54. The highest BCUT2D eigenvalue weighted by Crippen LogP contribution is 2.21. The van der Waals surface area contributed by atoms with Gasteiger partial charge in [-0.3, -0.25) is 0 Å². The predicted octanol–water partition coefficient (Wildman–Crippen LogP) is 2.50. The Kier molecular flexibility index (Phi) is 5.07. The Labute approximate surface area is 95.4 Å². The molecule has 0 saturated carbocycles. The minimum absolute atomic E-state index is 0.272. The number of likely N-dealkylation sites (N-methyl/N-ethyl adjacent to an activating group) is 1. The Hall–Kier alpha value is -0.0800. The highest BCUT2D eigenvalue weighted by Gasteiger charge is 2.24. The van der Waals surface area contributed by atoms with Gasteiger partial charge in [0.05, 0.1) is 0 Å². The van der Waals surface area contributed by atoms with Gasteiger partial charge in [0.1, 0.15) is 0 Å². The summed E-state index contributed by atoms with van der Waals surface area (Å²) in [6, 6.07) is 0. The molecule has 90 valence electrons. The second-order valence-corrected chi connectivity index (χ2v) is 5.54. The SMILES string of the molecule is CCNC(C)(C)CN1CCC(CC)CC1. The van der Waals surface area contributed by atoms with Crippen LogP contribution in [0.25, 0.3) is 0 Å². The molecule has 1 rings (SSSR count). The molecule has 1 aliphatic rings. The first-order chi connectivity index (χ1) is 7.07. The van der Waals surface area contributed by atoms with Crippen LogP contribution in [-0.4, -0.2) is 36.6 Å². The van der Waals surface area contributed by atoms with E-state index in [1.165, 1.54) is 38.9 Å². The van der Waals surface area contributed by atoms with Crippen LogP contribution >= 0.6 is 0 Å². The lowest BCUT2D eigenvalue weighted by Gasteiger charge is -2.37. The second kappa shape index (κ2) is 5.86. The summed E-state index contributed by atoms with van der Waals surface area (Å²) in [6.07, 6.45) is 4.17. The van der Waals surface area contributed by atoms with Gasteiger partial charge in [-0.25, -0.2) is 0 Å². The standard InChI is InChI=1S/C13H28N2/c1-5-12-7-9-15(10-8-12)11-13(3,4)14-6-2/h12,14H,5-11H2,1-4H3. The molecule has 0 amide bonds. The summed E-state index contributed by atoms with van der Waals surface area (Å²) in [4.78, 5) is 2.62. The maximum absolute atomic E-state index is 3.55. The van der Waals surface area contributed by atoms with E-state index in [0.717, 1.165) is 12.5 Å². The normalized spacial score (nSPS) is 20.8. The maximum Gasteiger partial charge on any atom is 0.0252 e. The number of likely N-dealkylation sites (tertiary alicyclic amines) is 1. The summed E-state index contributed by atoms with van der Waals surface area (Å²) in [6.45, 7) is 14.0. The molecule has 0 atom stereocenters. The van der Waals surface area contributed by atoms with Crippen molar-refractivity contribution >= 4 is 0 Å². The highest BCUT2D eigenvalue weighted by atomic mass is 15.2. The van der Waals surface area contributed by atoms with Gasteiger partial charge in [-0.05, 0) is 52.2 Å².